The molecule has 0 aliphatic rings. The predicted molar refractivity (Wildman–Crippen MR) is 77.3 cm³/mol. The molecule has 98 valence electrons. The topological polar surface area (TPSA) is 34.0 Å². The van der Waals surface area contributed by atoms with E-state index in [9.17, 15) is 0 Å². The van der Waals surface area contributed by atoms with Gasteiger partial charge in [-0.15, -0.1) is 0 Å². The van der Waals surface area contributed by atoms with Crippen LogP contribution in [0.15, 0.2) is 64.8 Å². The van der Waals surface area contributed by atoms with E-state index in [2.05, 4.69) is 16.3 Å². The van der Waals surface area contributed by atoms with Crippen molar-refractivity contribution in [3.05, 3.63) is 60.2 Å². The van der Waals surface area contributed by atoms with Crippen LogP contribution in [0.3, 0.4) is 0 Å². The van der Waals surface area contributed by atoms with Gasteiger partial charge >= 0.3 is 0 Å². The Hall–Kier alpha value is -2.00. The minimum absolute atomic E-state index is 0.717. The fraction of sp³-hybridized carbons (Fsp3) is 0.250. The van der Waals surface area contributed by atoms with Gasteiger partial charge in [-0.1, -0.05) is 36.4 Å². The second kappa shape index (κ2) is 7.44. The zero-order chi connectivity index (χ0) is 13.3. The number of ether oxygens (including phenoxy) is 1. The largest absolute Gasteiger partial charge is 0.381 e. The van der Waals surface area contributed by atoms with Gasteiger partial charge in [-0.2, -0.15) is 10.2 Å². The first-order valence-electron chi connectivity index (χ1n) is 6.52. The van der Waals surface area contributed by atoms with Gasteiger partial charge in [0.15, 0.2) is 0 Å². The van der Waals surface area contributed by atoms with Crippen LogP contribution in [0.25, 0.3) is 0 Å². The summed E-state index contributed by atoms with van der Waals surface area (Å²) in [6, 6.07) is 17.8. The SMILES string of the molecule is CCOCCc1ccccc1N=Nc1ccccc1. The Labute approximate surface area is 114 Å². The highest BCUT2D eigenvalue weighted by Crippen LogP contribution is 2.22. The third-order valence-electron chi connectivity index (χ3n) is 2.74. The fourth-order valence-electron chi connectivity index (χ4n) is 1.75. The third-order valence-corrected chi connectivity index (χ3v) is 2.74. The van der Waals surface area contributed by atoms with Crippen molar-refractivity contribution in [2.24, 2.45) is 10.2 Å². The Morgan fingerprint density at radius 2 is 1.63 bits per heavy atom. The van der Waals surface area contributed by atoms with Crippen molar-refractivity contribution in [2.75, 3.05) is 13.2 Å². The predicted octanol–water partition coefficient (Wildman–Crippen LogP) is 4.68. The number of nitrogens with zero attached hydrogens (tertiary/aromatic N) is 2. The lowest BCUT2D eigenvalue weighted by Crippen LogP contribution is -1.97. The highest BCUT2D eigenvalue weighted by molar-refractivity contribution is 5.46. The van der Waals surface area contributed by atoms with Gasteiger partial charge in [-0.25, -0.2) is 0 Å². The zero-order valence-corrected chi connectivity index (χ0v) is 11.1. The van der Waals surface area contributed by atoms with Crippen LogP contribution in [0, 0.1) is 0 Å². The summed E-state index contributed by atoms with van der Waals surface area (Å²) in [4.78, 5) is 0. The third kappa shape index (κ3) is 4.30. The number of hydrogen-bond donors (Lipinski definition) is 0. The van der Waals surface area contributed by atoms with Crippen LogP contribution < -0.4 is 0 Å². The summed E-state index contributed by atoms with van der Waals surface area (Å²) in [5, 5.41) is 8.57. The molecule has 2 aromatic carbocycles. The second-order valence-corrected chi connectivity index (χ2v) is 4.11. The summed E-state index contributed by atoms with van der Waals surface area (Å²) in [5.74, 6) is 0. The van der Waals surface area contributed by atoms with Crippen molar-refractivity contribution in [1.82, 2.24) is 0 Å². The van der Waals surface area contributed by atoms with Crippen LogP contribution in [0.2, 0.25) is 0 Å². The molecule has 19 heavy (non-hydrogen) atoms. The summed E-state index contributed by atoms with van der Waals surface area (Å²) in [6.07, 6.45) is 0.859. The first kappa shape index (κ1) is 13.4. The minimum Gasteiger partial charge on any atom is -0.381 e. The molecule has 0 saturated carbocycles. The molecule has 0 unspecified atom stereocenters. The molecule has 2 aromatic rings. The van der Waals surface area contributed by atoms with Gasteiger partial charge in [-0.05, 0) is 37.1 Å². The minimum atomic E-state index is 0.717. The van der Waals surface area contributed by atoms with Crippen molar-refractivity contribution in [3.63, 3.8) is 0 Å². The van der Waals surface area contributed by atoms with E-state index in [-0.39, 0.29) is 0 Å². The number of benzene rings is 2. The van der Waals surface area contributed by atoms with E-state index in [1.807, 2.05) is 55.5 Å². The summed E-state index contributed by atoms with van der Waals surface area (Å²) in [5.41, 5.74) is 2.93. The van der Waals surface area contributed by atoms with Gasteiger partial charge in [0.25, 0.3) is 0 Å². The van der Waals surface area contributed by atoms with Crippen LogP contribution in [0.4, 0.5) is 11.4 Å². The Morgan fingerprint density at radius 1 is 0.895 bits per heavy atom. The van der Waals surface area contributed by atoms with Crippen LogP contribution >= 0.6 is 0 Å². The smallest absolute Gasteiger partial charge is 0.0889 e. The normalized spacial score (nSPS) is 11.0. The molecule has 0 aliphatic carbocycles. The van der Waals surface area contributed by atoms with Crippen molar-refractivity contribution >= 4 is 11.4 Å². The highest BCUT2D eigenvalue weighted by Gasteiger charge is 2.00. The van der Waals surface area contributed by atoms with E-state index >= 15 is 0 Å². The molecule has 3 heteroatoms. The molecule has 0 radical (unpaired) electrons. The van der Waals surface area contributed by atoms with Crippen molar-refractivity contribution in [2.45, 2.75) is 13.3 Å². The molecule has 0 atom stereocenters. The maximum atomic E-state index is 5.38. The lowest BCUT2D eigenvalue weighted by atomic mass is 10.1. The summed E-state index contributed by atoms with van der Waals surface area (Å²) in [6.45, 7) is 3.46. The van der Waals surface area contributed by atoms with Gasteiger partial charge in [0.1, 0.15) is 0 Å². The lowest BCUT2D eigenvalue weighted by molar-refractivity contribution is 0.151. The monoisotopic (exact) mass is 254 g/mol. The van der Waals surface area contributed by atoms with E-state index in [0.29, 0.717) is 6.61 Å². The molecular formula is C16H18N2O. The van der Waals surface area contributed by atoms with Crippen molar-refractivity contribution < 1.29 is 4.74 Å². The van der Waals surface area contributed by atoms with Crippen LogP contribution in [-0.2, 0) is 11.2 Å². The van der Waals surface area contributed by atoms with Crippen LogP contribution in [0.5, 0.6) is 0 Å². The molecule has 0 bridgehead atoms. The van der Waals surface area contributed by atoms with Gasteiger partial charge in [0.2, 0.25) is 0 Å². The Kier molecular flexibility index (Phi) is 5.26. The summed E-state index contributed by atoms with van der Waals surface area (Å²) in [7, 11) is 0. The summed E-state index contributed by atoms with van der Waals surface area (Å²) >= 11 is 0. The maximum absolute atomic E-state index is 5.38. The van der Waals surface area contributed by atoms with Crippen molar-refractivity contribution in [1.29, 1.82) is 0 Å². The van der Waals surface area contributed by atoms with Gasteiger partial charge < -0.3 is 4.74 Å². The molecule has 0 aromatic heterocycles. The lowest BCUT2D eigenvalue weighted by Gasteiger charge is -2.04. The average molecular weight is 254 g/mol. The standard InChI is InChI=1S/C16H18N2O/c1-2-19-13-12-14-8-6-7-11-16(14)18-17-15-9-4-3-5-10-15/h3-11H,2,12-13H2,1H3. The number of rotatable bonds is 6. The molecule has 0 heterocycles. The Morgan fingerprint density at radius 3 is 2.42 bits per heavy atom. The first-order valence-corrected chi connectivity index (χ1v) is 6.52. The quantitative estimate of drug-likeness (QED) is 0.544. The van der Waals surface area contributed by atoms with E-state index in [0.717, 1.165) is 30.0 Å². The Bertz CT molecular complexity index is 523. The molecule has 0 spiro atoms. The molecule has 0 fully saturated rings. The summed E-state index contributed by atoms with van der Waals surface area (Å²) < 4.78 is 5.38. The Balaban J connectivity index is 2.09. The number of hydrogen-bond acceptors (Lipinski definition) is 3. The second-order valence-electron chi connectivity index (χ2n) is 4.11. The maximum Gasteiger partial charge on any atom is 0.0889 e. The zero-order valence-electron chi connectivity index (χ0n) is 11.1. The fourth-order valence-corrected chi connectivity index (χ4v) is 1.75. The number of azo groups is 1. The van der Waals surface area contributed by atoms with E-state index < -0.39 is 0 Å². The molecular weight excluding hydrogens is 236 g/mol. The molecule has 0 N–H and O–H groups in total. The van der Waals surface area contributed by atoms with Gasteiger partial charge in [-0.3, -0.25) is 0 Å². The van der Waals surface area contributed by atoms with E-state index in [1.54, 1.807) is 0 Å². The van der Waals surface area contributed by atoms with Gasteiger partial charge in [0.05, 0.1) is 18.0 Å². The first-order chi connectivity index (χ1) is 9.40. The molecule has 0 aliphatic heterocycles. The van der Waals surface area contributed by atoms with Gasteiger partial charge in [0, 0.05) is 6.61 Å². The average Bonchev–Trinajstić information content (AvgIpc) is 2.48. The van der Waals surface area contributed by atoms with Crippen LogP contribution in [-0.4, -0.2) is 13.2 Å². The molecule has 3 nitrogen and oxygen atoms in total. The van der Waals surface area contributed by atoms with Crippen molar-refractivity contribution in [3.8, 4) is 0 Å². The molecule has 2 rings (SSSR count). The van der Waals surface area contributed by atoms with Crippen LogP contribution in [0.1, 0.15) is 12.5 Å². The highest BCUT2D eigenvalue weighted by atomic mass is 16.5. The van der Waals surface area contributed by atoms with E-state index in [1.165, 1.54) is 0 Å². The van der Waals surface area contributed by atoms with E-state index in [4.69, 9.17) is 4.74 Å². The molecule has 0 saturated heterocycles. The molecule has 0 amide bonds.